The number of carbonyl (C=O) groups is 1. The van der Waals surface area contributed by atoms with Crippen LogP contribution in [-0.2, 0) is 9.47 Å². The minimum Gasteiger partial charge on any atom is -0.464 e. The average molecular weight is 381 g/mol. The Balaban J connectivity index is 0.000000305. The second-order valence-electron chi connectivity index (χ2n) is 7.23. The monoisotopic (exact) mass is 380 g/mol. The number of hydrogen-bond donors (Lipinski definition) is 1. The SMILES string of the molecule is CC.COC1CCCCC1[C@@]1(C)O[C@@H]1CC=C(C)C.O=C(O)n1ccnc1. The van der Waals surface area contributed by atoms with Crippen molar-refractivity contribution < 1.29 is 19.4 Å². The van der Waals surface area contributed by atoms with Gasteiger partial charge in [0.15, 0.2) is 0 Å². The molecule has 1 saturated carbocycles. The number of allylic oxidation sites excluding steroid dienone is 1. The molecule has 154 valence electrons. The van der Waals surface area contributed by atoms with Crippen LogP contribution in [0, 0.1) is 5.92 Å². The molecular formula is C21H36N2O4. The Morgan fingerprint density at radius 2 is 2.04 bits per heavy atom. The van der Waals surface area contributed by atoms with Crippen molar-refractivity contribution in [3.63, 3.8) is 0 Å². The molecular weight excluding hydrogens is 344 g/mol. The Bertz CT molecular complexity index is 581. The summed E-state index contributed by atoms with van der Waals surface area (Å²) < 4.78 is 12.6. The predicted molar refractivity (Wildman–Crippen MR) is 107 cm³/mol. The zero-order chi connectivity index (χ0) is 20.4. The normalized spacial score (nSPS) is 28.7. The Morgan fingerprint density at radius 3 is 2.52 bits per heavy atom. The number of carboxylic acid groups (broad SMARTS) is 1. The average Bonchev–Trinajstić information content (AvgIpc) is 3.08. The molecule has 1 saturated heterocycles. The van der Waals surface area contributed by atoms with E-state index in [0.29, 0.717) is 18.1 Å². The summed E-state index contributed by atoms with van der Waals surface area (Å²) in [7, 11) is 1.85. The van der Waals surface area contributed by atoms with Crippen LogP contribution in [0.25, 0.3) is 0 Å². The van der Waals surface area contributed by atoms with E-state index in [4.69, 9.17) is 14.6 Å². The van der Waals surface area contributed by atoms with Crippen molar-refractivity contribution in [3.8, 4) is 0 Å². The van der Waals surface area contributed by atoms with Gasteiger partial charge in [-0.3, -0.25) is 0 Å². The minimum absolute atomic E-state index is 0.0764. The molecule has 1 aliphatic heterocycles. The highest BCUT2D eigenvalue weighted by atomic mass is 16.6. The molecule has 27 heavy (non-hydrogen) atoms. The summed E-state index contributed by atoms with van der Waals surface area (Å²) in [6.07, 6.45) is 12.3. The van der Waals surface area contributed by atoms with Gasteiger partial charge in [-0.15, -0.1) is 0 Å². The molecule has 6 nitrogen and oxygen atoms in total. The summed E-state index contributed by atoms with van der Waals surface area (Å²) in [4.78, 5) is 13.5. The van der Waals surface area contributed by atoms with Crippen LogP contribution in [-0.4, -0.2) is 45.7 Å². The molecule has 0 amide bonds. The van der Waals surface area contributed by atoms with Gasteiger partial charge >= 0.3 is 6.09 Å². The van der Waals surface area contributed by atoms with E-state index in [0.717, 1.165) is 11.0 Å². The van der Waals surface area contributed by atoms with Gasteiger partial charge in [0, 0.05) is 25.4 Å². The van der Waals surface area contributed by atoms with E-state index in [9.17, 15) is 4.79 Å². The quantitative estimate of drug-likeness (QED) is 0.578. The van der Waals surface area contributed by atoms with E-state index in [-0.39, 0.29) is 5.60 Å². The first-order chi connectivity index (χ1) is 12.9. The zero-order valence-corrected chi connectivity index (χ0v) is 17.6. The fourth-order valence-electron chi connectivity index (χ4n) is 3.63. The Hall–Kier alpha value is -1.66. The number of ether oxygens (including phenoxy) is 2. The second-order valence-corrected chi connectivity index (χ2v) is 7.23. The molecule has 2 fully saturated rings. The molecule has 3 rings (SSSR count). The third-order valence-corrected chi connectivity index (χ3v) is 5.19. The van der Waals surface area contributed by atoms with Gasteiger partial charge in [-0.25, -0.2) is 14.3 Å². The Morgan fingerprint density at radius 1 is 1.37 bits per heavy atom. The maximum absolute atomic E-state index is 9.98. The Labute approximate surface area is 163 Å². The van der Waals surface area contributed by atoms with Crippen LogP contribution in [0.2, 0.25) is 0 Å². The molecule has 1 N–H and O–H groups in total. The van der Waals surface area contributed by atoms with E-state index in [2.05, 4.69) is 31.8 Å². The van der Waals surface area contributed by atoms with Crippen LogP contribution >= 0.6 is 0 Å². The molecule has 0 aromatic carbocycles. The van der Waals surface area contributed by atoms with E-state index in [1.807, 2.05) is 21.0 Å². The van der Waals surface area contributed by atoms with Crippen molar-refractivity contribution in [2.45, 2.75) is 84.5 Å². The van der Waals surface area contributed by atoms with Crippen molar-refractivity contribution in [2.75, 3.05) is 7.11 Å². The summed E-state index contributed by atoms with van der Waals surface area (Å²) >= 11 is 0. The highest BCUT2D eigenvalue weighted by Crippen LogP contribution is 2.50. The minimum atomic E-state index is -1.01. The van der Waals surface area contributed by atoms with Gasteiger partial charge in [-0.1, -0.05) is 38.3 Å². The maximum atomic E-state index is 9.98. The lowest BCUT2D eigenvalue weighted by atomic mass is 9.76. The van der Waals surface area contributed by atoms with Crippen LogP contribution in [0.4, 0.5) is 4.79 Å². The predicted octanol–water partition coefficient (Wildman–Crippen LogP) is 5.14. The molecule has 2 heterocycles. The van der Waals surface area contributed by atoms with Crippen molar-refractivity contribution in [1.82, 2.24) is 9.55 Å². The zero-order valence-electron chi connectivity index (χ0n) is 17.6. The van der Waals surface area contributed by atoms with Gasteiger partial charge in [0.2, 0.25) is 0 Å². The third-order valence-electron chi connectivity index (χ3n) is 5.19. The van der Waals surface area contributed by atoms with E-state index >= 15 is 0 Å². The first kappa shape index (κ1) is 23.4. The molecule has 1 aliphatic carbocycles. The first-order valence-corrected chi connectivity index (χ1v) is 9.93. The van der Waals surface area contributed by atoms with Gasteiger partial charge in [-0.05, 0) is 40.0 Å². The number of methoxy groups -OCH3 is 1. The number of rotatable bonds is 4. The summed E-state index contributed by atoms with van der Waals surface area (Å²) in [6, 6.07) is 0. The van der Waals surface area contributed by atoms with Crippen molar-refractivity contribution >= 4 is 6.09 Å². The van der Waals surface area contributed by atoms with Gasteiger partial charge in [0.1, 0.15) is 6.33 Å². The lowest BCUT2D eigenvalue weighted by Crippen LogP contribution is -2.37. The number of aromatic nitrogens is 2. The molecule has 0 bridgehead atoms. The van der Waals surface area contributed by atoms with Crippen molar-refractivity contribution in [3.05, 3.63) is 30.4 Å². The van der Waals surface area contributed by atoms with Crippen LogP contribution in [0.15, 0.2) is 30.4 Å². The van der Waals surface area contributed by atoms with Gasteiger partial charge in [0.25, 0.3) is 0 Å². The van der Waals surface area contributed by atoms with Crippen molar-refractivity contribution in [1.29, 1.82) is 0 Å². The van der Waals surface area contributed by atoms with Gasteiger partial charge < -0.3 is 14.6 Å². The highest BCUT2D eigenvalue weighted by Gasteiger charge is 2.58. The first-order valence-electron chi connectivity index (χ1n) is 9.93. The largest absolute Gasteiger partial charge is 0.464 e. The van der Waals surface area contributed by atoms with Crippen molar-refractivity contribution in [2.24, 2.45) is 5.92 Å². The van der Waals surface area contributed by atoms with Crippen LogP contribution in [0.5, 0.6) is 0 Å². The van der Waals surface area contributed by atoms with Crippen LogP contribution in [0.1, 0.15) is 66.7 Å². The molecule has 0 spiro atoms. The number of imidazole rings is 1. The number of nitrogens with zero attached hydrogens (tertiary/aromatic N) is 2. The maximum Gasteiger partial charge on any atom is 0.416 e. The van der Waals surface area contributed by atoms with Crippen LogP contribution in [0.3, 0.4) is 0 Å². The smallest absolute Gasteiger partial charge is 0.416 e. The molecule has 6 heteroatoms. The van der Waals surface area contributed by atoms with E-state index in [1.54, 1.807) is 0 Å². The summed E-state index contributed by atoms with van der Waals surface area (Å²) in [5.74, 6) is 0.594. The molecule has 1 aromatic heterocycles. The van der Waals surface area contributed by atoms with Crippen LogP contribution < -0.4 is 0 Å². The summed E-state index contributed by atoms with van der Waals surface area (Å²) in [6.45, 7) is 10.6. The molecule has 2 unspecified atom stereocenters. The van der Waals surface area contributed by atoms with E-state index < -0.39 is 6.09 Å². The summed E-state index contributed by atoms with van der Waals surface area (Å²) in [5.41, 5.74) is 1.46. The summed E-state index contributed by atoms with van der Waals surface area (Å²) in [5, 5.41) is 8.20. The fraction of sp³-hybridized carbons (Fsp3) is 0.714. The number of epoxide rings is 1. The molecule has 2 aliphatic rings. The molecule has 0 radical (unpaired) electrons. The fourth-order valence-corrected chi connectivity index (χ4v) is 3.63. The topological polar surface area (TPSA) is 76.9 Å². The Kier molecular flexibility index (Phi) is 9.74. The third kappa shape index (κ3) is 6.78. The molecule has 1 aromatic rings. The molecule has 4 atom stereocenters. The lowest BCUT2D eigenvalue weighted by molar-refractivity contribution is -0.00777. The van der Waals surface area contributed by atoms with Gasteiger partial charge in [-0.2, -0.15) is 0 Å². The highest BCUT2D eigenvalue weighted by molar-refractivity contribution is 5.67. The second kappa shape index (κ2) is 11.2. The van der Waals surface area contributed by atoms with E-state index in [1.165, 1.54) is 50.0 Å². The standard InChI is InChI=1S/C15H26O2.C4H4N2O2.C2H6/c1-11(2)9-10-14-15(3,17-14)12-7-5-6-8-13(12)16-4;7-4(8)6-2-1-5-3-6;1-2/h9,12-14H,5-8,10H2,1-4H3;1-3H,(H,7,8);1-2H3/t12?,13?,14-,15-;;/m1../s1. The number of hydrogen-bond acceptors (Lipinski definition) is 4. The van der Waals surface area contributed by atoms with Gasteiger partial charge in [0.05, 0.1) is 17.8 Å². The lowest BCUT2D eigenvalue weighted by Gasteiger charge is -2.33.